The van der Waals surface area contributed by atoms with Crippen molar-refractivity contribution in [3.05, 3.63) is 64.6 Å². The minimum atomic E-state index is -0.357. The zero-order valence-electron chi connectivity index (χ0n) is 10.8. The van der Waals surface area contributed by atoms with Crippen LogP contribution in [0.15, 0.2) is 53.0 Å². The summed E-state index contributed by atoms with van der Waals surface area (Å²) in [5, 5.41) is 8.16. The van der Waals surface area contributed by atoms with Gasteiger partial charge in [-0.05, 0) is 30.3 Å². The number of rotatable bonds is 3. The fourth-order valence-electron chi connectivity index (χ4n) is 2.09. The summed E-state index contributed by atoms with van der Waals surface area (Å²) in [5.41, 5.74) is 1.21. The largest absolute Gasteiger partial charge is 0.278 e. The van der Waals surface area contributed by atoms with E-state index in [2.05, 4.69) is 26.1 Å². The van der Waals surface area contributed by atoms with Crippen LogP contribution < -0.4 is 0 Å². The number of nitrogens with zero attached hydrogens (tertiary/aromatic N) is 3. The summed E-state index contributed by atoms with van der Waals surface area (Å²) in [6.07, 6.45) is 0. The molecule has 3 rings (SSSR count). The minimum absolute atomic E-state index is 0.192. The lowest BCUT2D eigenvalue weighted by molar-refractivity contribution is 0.629. The highest BCUT2D eigenvalue weighted by molar-refractivity contribution is 9.10. The lowest BCUT2D eigenvalue weighted by Crippen LogP contribution is -2.02. The Kier molecular flexibility index (Phi) is 4.03. The summed E-state index contributed by atoms with van der Waals surface area (Å²) < 4.78 is 16.7. The average molecular weight is 367 g/mol. The normalized spacial score (nSPS) is 10.8. The molecule has 0 saturated heterocycles. The van der Waals surface area contributed by atoms with Gasteiger partial charge in [-0.2, -0.15) is 0 Å². The van der Waals surface area contributed by atoms with E-state index in [1.165, 1.54) is 6.07 Å². The second-order valence-corrected chi connectivity index (χ2v) is 5.55. The maximum Gasteiger partial charge on any atom is 0.171 e. The maximum atomic E-state index is 14.1. The van der Waals surface area contributed by atoms with Crippen molar-refractivity contribution in [3.8, 4) is 17.1 Å². The first kappa shape index (κ1) is 14.2. The summed E-state index contributed by atoms with van der Waals surface area (Å²) in [4.78, 5) is 0. The Bertz CT molecular complexity index is 774. The van der Waals surface area contributed by atoms with Crippen molar-refractivity contribution in [3.63, 3.8) is 0 Å². The first-order chi connectivity index (χ1) is 10.2. The highest BCUT2D eigenvalue weighted by atomic mass is 79.9. The minimum Gasteiger partial charge on any atom is -0.278 e. The monoisotopic (exact) mass is 365 g/mol. The van der Waals surface area contributed by atoms with Gasteiger partial charge in [-0.1, -0.05) is 34.1 Å². The molecule has 1 heterocycles. The molecule has 0 bridgehead atoms. The topological polar surface area (TPSA) is 30.7 Å². The van der Waals surface area contributed by atoms with E-state index >= 15 is 0 Å². The smallest absolute Gasteiger partial charge is 0.171 e. The van der Waals surface area contributed by atoms with Crippen molar-refractivity contribution in [2.45, 2.75) is 5.88 Å². The van der Waals surface area contributed by atoms with E-state index in [-0.39, 0.29) is 11.7 Å². The van der Waals surface area contributed by atoms with Crippen LogP contribution in [0.5, 0.6) is 0 Å². The van der Waals surface area contributed by atoms with Gasteiger partial charge in [0.05, 0.1) is 11.4 Å². The van der Waals surface area contributed by atoms with Crippen molar-refractivity contribution >= 4 is 27.5 Å². The van der Waals surface area contributed by atoms with E-state index < -0.39 is 0 Å². The van der Waals surface area contributed by atoms with Crippen LogP contribution >= 0.6 is 27.5 Å². The van der Waals surface area contributed by atoms with Gasteiger partial charge in [0.1, 0.15) is 5.82 Å². The molecule has 0 N–H and O–H groups in total. The third kappa shape index (κ3) is 2.71. The van der Waals surface area contributed by atoms with E-state index in [4.69, 9.17) is 11.6 Å². The highest BCUT2D eigenvalue weighted by Gasteiger charge is 2.18. The predicted octanol–water partition coefficient (Wildman–Crippen LogP) is 4.57. The molecule has 0 aliphatic rings. The molecule has 2 aromatic carbocycles. The van der Waals surface area contributed by atoms with Crippen LogP contribution in [-0.4, -0.2) is 14.8 Å². The van der Waals surface area contributed by atoms with Crippen LogP contribution in [0.2, 0.25) is 0 Å². The van der Waals surface area contributed by atoms with Crippen LogP contribution in [-0.2, 0) is 5.88 Å². The Morgan fingerprint density at radius 2 is 1.86 bits per heavy atom. The lowest BCUT2D eigenvalue weighted by Gasteiger charge is -2.10. The molecule has 21 heavy (non-hydrogen) atoms. The lowest BCUT2D eigenvalue weighted by atomic mass is 10.2. The fourth-order valence-corrected chi connectivity index (χ4v) is 2.63. The molecule has 1 aromatic heterocycles. The predicted molar refractivity (Wildman–Crippen MR) is 84.0 cm³/mol. The number of aromatic nitrogens is 3. The number of hydrogen-bond donors (Lipinski definition) is 0. The van der Waals surface area contributed by atoms with Gasteiger partial charge in [0.2, 0.25) is 0 Å². The van der Waals surface area contributed by atoms with Gasteiger partial charge < -0.3 is 0 Å². The Balaban J connectivity index is 2.25. The van der Waals surface area contributed by atoms with Crippen LogP contribution in [0.3, 0.4) is 0 Å². The molecular weight excluding hydrogens is 357 g/mol. The number of benzene rings is 2. The summed E-state index contributed by atoms with van der Waals surface area (Å²) in [7, 11) is 0. The molecule has 0 saturated carbocycles. The van der Waals surface area contributed by atoms with Gasteiger partial charge >= 0.3 is 0 Å². The number of halogens is 3. The standard InChI is InChI=1S/C15H10BrClFN3/c16-10-6-7-13(18)12(8-10)15-20-19-14(9-17)21(15)11-4-2-1-3-5-11/h1-8H,9H2. The molecule has 3 nitrogen and oxygen atoms in total. The quantitative estimate of drug-likeness (QED) is 0.636. The second kappa shape index (κ2) is 5.95. The molecule has 0 fully saturated rings. The van der Waals surface area contributed by atoms with Crippen molar-refractivity contribution in [2.75, 3.05) is 0 Å². The van der Waals surface area contributed by atoms with Gasteiger partial charge in [0.15, 0.2) is 11.6 Å². The van der Waals surface area contributed by atoms with Gasteiger partial charge in [-0.15, -0.1) is 21.8 Å². The molecule has 0 amide bonds. The first-order valence-corrected chi connectivity index (χ1v) is 7.54. The molecule has 0 unspecified atom stereocenters. The molecule has 0 radical (unpaired) electrons. The maximum absolute atomic E-state index is 14.1. The Hall–Kier alpha value is -1.72. The van der Waals surface area contributed by atoms with E-state index in [9.17, 15) is 4.39 Å². The number of hydrogen-bond acceptors (Lipinski definition) is 2. The average Bonchev–Trinajstić information content (AvgIpc) is 2.94. The zero-order valence-corrected chi connectivity index (χ0v) is 13.1. The van der Waals surface area contributed by atoms with Crippen LogP contribution in [0.4, 0.5) is 4.39 Å². The Morgan fingerprint density at radius 3 is 2.57 bits per heavy atom. The van der Waals surface area contributed by atoms with Crippen LogP contribution in [0.25, 0.3) is 17.1 Å². The van der Waals surface area contributed by atoms with Crippen LogP contribution in [0.1, 0.15) is 5.82 Å². The first-order valence-electron chi connectivity index (χ1n) is 6.22. The molecular formula is C15H10BrClFN3. The van der Waals surface area contributed by atoms with E-state index in [0.717, 1.165) is 10.2 Å². The second-order valence-electron chi connectivity index (χ2n) is 4.37. The molecule has 3 aromatic rings. The fraction of sp³-hybridized carbons (Fsp3) is 0.0667. The highest BCUT2D eigenvalue weighted by Crippen LogP contribution is 2.28. The molecule has 0 aliphatic heterocycles. The Morgan fingerprint density at radius 1 is 1.10 bits per heavy atom. The molecule has 0 atom stereocenters. The van der Waals surface area contributed by atoms with E-state index in [0.29, 0.717) is 17.2 Å². The van der Waals surface area contributed by atoms with Gasteiger partial charge in [0, 0.05) is 10.2 Å². The molecule has 106 valence electrons. The van der Waals surface area contributed by atoms with Gasteiger partial charge in [0.25, 0.3) is 0 Å². The van der Waals surface area contributed by atoms with E-state index in [1.807, 2.05) is 30.3 Å². The third-order valence-electron chi connectivity index (χ3n) is 3.03. The third-order valence-corrected chi connectivity index (χ3v) is 3.77. The number of para-hydroxylation sites is 1. The van der Waals surface area contributed by atoms with E-state index in [1.54, 1.807) is 16.7 Å². The van der Waals surface area contributed by atoms with Crippen molar-refractivity contribution < 1.29 is 4.39 Å². The summed E-state index contributed by atoms with van der Waals surface area (Å²) in [6, 6.07) is 14.2. The van der Waals surface area contributed by atoms with Crippen molar-refractivity contribution in [2.24, 2.45) is 0 Å². The SMILES string of the molecule is Fc1ccc(Br)cc1-c1nnc(CCl)n1-c1ccccc1. The van der Waals surface area contributed by atoms with Gasteiger partial charge in [-0.3, -0.25) is 4.57 Å². The summed E-state index contributed by atoms with van der Waals surface area (Å²) >= 11 is 9.28. The van der Waals surface area contributed by atoms with Crippen molar-refractivity contribution in [1.82, 2.24) is 14.8 Å². The molecule has 6 heteroatoms. The van der Waals surface area contributed by atoms with Crippen molar-refractivity contribution in [1.29, 1.82) is 0 Å². The number of alkyl halides is 1. The molecule has 0 spiro atoms. The summed E-state index contributed by atoms with van der Waals surface area (Å²) in [6.45, 7) is 0. The van der Waals surface area contributed by atoms with Crippen LogP contribution in [0, 0.1) is 5.82 Å². The molecule has 0 aliphatic carbocycles. The van der Waals surface area contributed by atoms with Gasteiger partial charge in [-0.25, -0.2) is 4.39 Å². The zero-order chi connectivity index (χ0) is 14.8. The summed E-state index contributed by atoms with van der Waals surface area (Å²) in [5.74, 6) is 0.828. The Labute approximate surface area is 134 Å².